The minimum absolute atomic E-state index is 0.427. The van der Waals surface area contributed by atoms with Crippen molar-refractivity contribution in [2.75, 3.05) is 0 Å². The quantitative estimate of drug-likeness (QED) is 0.781. The molecule has 0 saturated heterocycles. The fourth-order valence-corrected chi connectivity index (χ4v) is 3.06. The van der Waals surface area contributed by atoms with Gasteiger partial charge >= 0.3 is 0 Å². The van der Waals surface area contributed by atoms with E-state index in [0.717, 1.165) is 27.9 Å². The Labute approximate surface area is 111 Å². The highest BCUT2D eigenvalue weighted by Gasteiger charge is 2.10. The van der Waals surface area contributed by atoms with Crippen LogP contribution in [0.2, 0.25) is 5.15 Å². The van der Waals surface area contributed by atoms with Crippen LogP contribution in [0.4, 0.5) is 0 Å². The van der Waals surface area contributed by atoms with Gasteiger partial charge in [0.15, 0.2) is 15.3 Å². The summed E-state index contributed by atoms with van der Waals surface area (Å²) in [4.78, 5) is 7.69. The second-order valence-corrected chi connectivity index (χ2v) is 5.39. The van der Waals surface area contributed by atoms with Gasteiger partial charge in [-0.05, 0) is 36.4 Å². The molecule has 3 rings (SSSR count). The Kier molecular flexibility index (Phi) is 2.78. The van der Waals surface area contributed by atoms with Crippen LogP contribution in [0.3, 0.4) is 0 Å². The van der Waals surface area contributed by atoms with Gasteiger partial charge in [0, 0.05) is 0 Å². The molecule has 0 bridgehead atoms. The van der Waals surface area contributed by atoms with Crippen molar-refractivity contribution in [3.63, 3.8) is 0 Å². The third kappa shape index (κ3) is 2.15. The Balaban J connectivity index is 1.99. The summed E-state index contributed by atoms with van der Waals surface area (Å²) in [6, 6.07) is 6.09. The van der Waals surface area contributed by atoms with Gasteiger partial charge in [0.1, 0.15) is 0 Å². The molecular formula is C10H7ClN4S2. The largest absolute Gasteiger partial charge is 0.333 e. The first-order valence-corrected chi connectivity index (χ1v) is 6.77. The van der Waals surface area contributed by atoms with E-state index in [1.165, 1.54) is 17.3 Å². The number of imidazole rings is 1. The lowest BCUT2D eigenvalue weighted by atomic mass is 10.2. The van der Waals surface area contributed by atoms with E-state index in [9.17, 15) is 0 Å². The Morgan fingerprint density at radius 3 is 3.00 bits per heavy atom. The molecule has 0 atom stereocenters. The molecule has 0 aliphatic rings. The standard InChI is InChI=1S/C10H7ClN4S2/c1-5-2-3-6-7(4-5)13-10(12-6)16-9-8(11)14-17-15-9/h2-4H,1H3,(H,12,13). The van der Waals surface area contributed by atoms with Gasteiger partial charge in [0.2, 0.25) is 0 Å². The Morgan fingerprint density at radius 1 is 1.35 bits per heavy atom. The normalized spacial score (nSPS) is 11.2. The number of nitrogens with one attached hydrogen (secondary N) is 1. The molecule has 0 amide bonds. The summed E-state index contributed by atoms with van der Waals surface area (Å²) in [5.41, 5.74) is 3.16. The second kappa shape index (κ2) is 4.29. The van der Waals surface area contributed by atoms with Crippen LogP contribution in [0.25, 0.3) is 11.0 Å². The molecule has 7 heteroatoms. The summed E-state index contributed by atoms with van der Waals surface area (Å²) in [5.74, 6) is 0. The number of halogens is 1. The topological polar surface area (TPSA) is 54.5 Å². The molecule has 0 radical (unpaired) electrons. The van der Waals surface area contributed by atoms with Gasteiger partial charge in [-0.15, -0.1) is 0 Å². The SMILES string of the molecule is Cc1ccc2nc(Sc3nsnc3Cl)[nH]c2c1. The van der Waals surface area contributed by atoms with Crippen LogP contribution in [0.5, 0.6) is 0 Å². The van der Waals surface area contributed by atoms with E-state index in [4.69, 9.17) is 11.6 Å². The zero-order valence-electron chi connectivity index (χ0n) is 8.77. The summed E-state index contributed by atoms with van der Waals surface area (Å²) >= 11 is 8.38. The van der Waals surface area contributed by atoms with Crippen molar-refractivity contribution in [1.82, 2.24) is 18.7 Å². The van der Waals surface area contributed by atoms with E-state index < -0.39 is 0 Å². The van der Waals surface area contributed by atoms with E-state index in [2.05, 4.69) is 24.8 Å². The maximum Gasteiger partial charge on any atom is 0.177 e. The highest BCUT2D eigenvalue weighted by Crippen LogP contribution is 2.30. The van der Waals surface area contributed by atoms with E-state index in [0.29, 0.717) is 10.2 Å². The van der Waals surface area contributed by atoms with Crippen molar-refractivity contribution in [1.29, 1.82) is 0 Å². The lowest BCUT2D eigenvalue weighted by Crippen LogP contribution is -1.75. The Morgan fingerprint density at radius 2 is 2.24 bits per heavy atom. The highest BCUT2D eigenvalue weighted by atomic mass is 35.5. The number of hydrogen-bond acceptors (Lipinski definition) is 5. The van der Waals surface area contributed by atoms with Crippen LogP contribution in [0.15, 0.2) is 28.4 Å². The fraction of sp³-hybridized carbons (Fsp3) is 0.100. The maximum absolute atomic E-state index is 5.89. The van der Waals surface area contributed by atoms with Gasteiger partial charge in [-0.1, -0.05) is 17.7 Å². The van der Waals surface area contributed by atoms with Crippen LogP contribution in [-0.4, -0.2) is 18.7 Å². The average Bonchev–Trinajstić information content (AvgIpc) is 2.85. The summed E-state index contributed by atoms with van der Waals surface area (Å²) in [6.07, 6.45) is 0. The summed E-state index contributed by atoms with van der Waals surface area (Å²) in [7, 11) is 0. The molecule has 0 aliphatic heterocycles. The van der Waals surface area contributed by atoms with Gasteiger partial charge < -0.3 is 4.98 Å². The first kappa shape index (κ1) is 11.0. The number of aryl methyl sites for hydroxylation is 1. The van der Waals surface area contributed by atoms with E-state index in [1.807, 2.05) is 19.1 Å². The molecule has 17 heavy (non-hydrogen) atoms. The monoisotopic (exact) mass is 282 g/mol. The van der Waals surface area contributed by atoms with Crippen LogP contribution >= 0.6 is 35.1 Å². The summed E-state index contributed by atoms with van der Waals surface area (Å²) in [5, 5.41) is 1.89. The third-order valence-corrected chi connectivity index (χ3v) is 4.21. The van der Waals surface area contributed by atoms with Crippen molar-refractivity contribution in [3.8, 4) is 0 Å². The van der Waals surface area contributed by atoms with E-state index in [1.54, 1.807) is 0 Å². The number of fused-ring (bicyclic) bond motifs is 1. The van der Waals surface area contributed by atoms with Crippen molar-refractivity contribution < 1.29 is 0 Å². The molecule has 0 saturated carbocycles. The number of nitrogens with zero attached hydrogens (tertiary/aromatic N) is 3. The Bertz CT molecular complexity index is 676. The number of aromatic amines is 1. The van der Waals surface area contributed by atoms with Crippen molar-refractivity contribution in [2.45, 2.75) is 17.1 Å². The second-order valence-electron chi connectivity index (χ2n) is 3.52. The van der Waals surface area contributed by atoms with Crippen molar-refractivity contribution in [2.24, 2.45) is 0 Å². The van der Waals surface area contributed by atoms with Crippen LogP contribution in [-0.2, 0) is 0 Å². The molecule has 1 aromatic carbocycles. The van der Waals surface area contributed by atoms with Gasteiger partial charge in [-0.2, -0.15) is 8.75 Å². The molecule has 86 valence electrons. The zero-order chi connectivity index (χ0) is 11.8. The van der Waals surface area contributed by atoms with Gasteiger partial charge in [-0.25, -0.2) is 4.98 Å². The lowest BCUT2D eigenvalue weighted by Gasteiger charge is -1.90. The summed E-state index contributed by atoms with van der Waals surface area (Å²) in [6.45, 7) is 2.05. The minimum atomic E-state index is 0.427. The predicted molar refractivity (Wildman–Crippen MR) is 69.9 cm³/mol. The third-order valence-electron chi connectivity index (χ3n) is 2.23. The van der Waals surface area contributed by atoms with Gasteiger partial charge in [0.25, 0.3) is 0 Å². The molecule has 0 spiro atoms. The van der Waals surface area contributed by atoms with Crippen molar-refractivity contribution >= 4 is 46.1 Å². The van der Waals surface area contributed by atoms with Gasteiger partial charge in [0.05, 0.1) is 22.8 Å². The Hall–Kier alpha value is -1.11. The molecule has 0 aliphatic carbocycles. The molecule has 2 heterocycles. The smallest absolute Gasteiger partial charge is 0.177 e. The maximum atomic E-state index is 5.89. The number of H-pyrrole nitrogens is 1. The molecule has 4 nitrogen and oxygen atoms in total. The molecular weight excluding hydrogens is 276 g/mol. The highest BCUT2D eigenvalue weighted by molar-refractivity contribution is 7.99. The number of hydrogen-bond donors (Lipinski definition) is 1. The van der Waals surface area contributed by atoms with Crippen LogP contribution in [0.1, 0.15) is 5.56 Å². The van der Waals surface area contributed by atoms with E-state index in [-0.39, 0.29) is 0 Å². The zero-order valence-corrected chi connectivity index (χ0v) is 11.2. The first-order chi connectivity index (χ1) is 8.22. The number of rotatable bonds is 2. The van der Waals surface area contributed by atoms with E-state index >= 15 is 0 Å². The number of benzene rings is 1. The first-order valence-electron chi connectivity index (χ1n) is 4.84. The average molecular weight is 283 g/mol. The number of aromatic nitrogens is 4. The fourth-order valence-electron chi connectivity index (χ4n) is 1.47. The van der Waals surface area contributed by atoms with Crippen LogP contribution in [0, 0.1) is 6.92 Å². The molecule has 1 N–H and O–H groups in total. The molecule has 0 unspecified atom stereocenters. The van der Waals surface area contributed by atoms with Crippen molar-refractivity contribution in [3.05, 3.63) is 28.9 Å². The molecule has 2 aromatic heterocycles. The molecule has 3 aromatic rings. The summed E-state index contributed by atoms with van der Waals surface area (Å²) < 4.78 is 8.01. The van der Waals surface area contributed by atoms with Crippen LogP contribution < -0.4 is 0 Å². The molecule has 0 fully saturated rings. The lowest BCUT2D eigenvalue weighted by molar-refractivity contribution is 1.07. The minimum Gasteiger partial charge on any atom is -0.333 e. The van der Waals surface area contributed by atoms with Gasteiger partial charge in [-0.3, -0.25) is 0 Å². The predicted octanol–water partition coefficient (Wildman–Crippen LogP) is 3.53.